The van der Waals surface area contributed by atoms with E-state index in [-0.39, 0.29) is 18.7 Å². The minimum atomic E-state index is -0.909. The molecule has 1 aromatic heterocycles. The van der Waals surface area contributed by atoms with E-state index in [9.17, 15) is 9.59 Å². The van der Waals surface area contributed by atoms with Crippen molar-refractivity contribution in [1.29, 1.82) is 0 Å². The molecule has 0 aliphatic heterocycles. The quantitative estimate of drug-likeness (QED) is 0.886. The Kier molecular flexibility index (Phi) is 4.93. The maximum absolute atomic E-state index is 12.0. The van der Waals surface area contributed by atoms with Crippen molar-refractivity contribution in [2.75, 3.05) is 5.32 Å². The van der Waals surface area contributed by atoms with Crippen LogP contribution in [0.3, 0.4) is 0 Å². The van der Waals surface area contributed by atoms with E-state index in [0.717, 1.165) is 0 Å². The molecule has 2 aromatic rings. The number of hydrogen-bond donors (Lipinski definition) is 2. The van der Waals surface area contributed by atoms with Gasteiger partial charge in [0.1, 0.15) is 5.01 Å². The van der Waals surface area contributed by atoms with Crippen LogP contribution in [0, 0.1) is 6.92 Å². The molecular weight excluding hydrogens is 312 g/mol. The van der Waals surface area contributed by atoms with Gasteiger partial charge in [-0.1, -0.05) is 23.7 Å². The molecule has 0 radical (unpaired) electrons. The molecule has 0 spiro atoms. The van der Waals surface area contributed by atoms with E-state index in [1.807, 2.05) is 0 Å². The lowest BCUT2D eigenvalue weighted by atomic mass is 10.3. The fourth-order valence-corrected chi connectivity index (χ4v) is 3.00. The molecule has 5 nitrogen and oxygen atoms in total. The van der Waals surface area contributed by atoms with Crippen molar-refractivity contribution in [1.82, 2.24) is 4.98 Å². The fourth-order valence-electron chi connectivity index (χ4n) is 1.76. The molecule has 21 heavy (non-hydrogen) atoms. The molecule has 1 aromatic carbocycles. The first kappa shape index (κ1) is 15.5. The number of carboxylic acid groups (broad SMARTS) is 1. The summed E-state index contributed by atoms with van der Waals surface area (Å²) in [6, 6.07) is 6.96. The van der Waals surface area contributed by atoms with Crippen LogP contribution in [0.2, 0.25) is 5.02 Å². The Morgan fingerprint density at radius 3 is 2.71 bits per heavy atom. The lowest BCUT2D eigenvalue weighted by Crippen LogP contribution is -2.14. The predicted octanol–water partition coefficient (Wildman–Crippen LogP) is 2.91. The molecule has 2 rings (SSSR count). The highest BCUT2D eigenvalue weighted by atomic mass is 35.5. The summed E-state index contributed by atoms with van der Waals surface area (Å²) in [7, 11) is 0. The van der Waals surface area contributed by atoms with Gasteiger partial charge in [-0.3, -0.25) is 9.59 Å². The summed E-state index contributed by atoms with van der Waals surface area (Å²) >= 11 is 7.21. The van der Waals surface area contributed by atoms with Crippen LogP contribution in [0.15, 0.2) is 24.3 Å². The highest BCUT2D eigenvalue weighted by Gasteiger charge is 2.14. The van der Waals surface area contributed by atoms with Crippen molar-refractivity contribution in [2.45, 2.75) is 19.8 Å². The number of aliphatic carboxylic acids is 1. The van der Waals surface area contributed by atoms with Crippen molar-refractivity contribution >= 4 is 40.5 Å². The summed E-state index contributed by atoms with van der Waals surface area (Å²) in [4.78, 5) is 27.6. The van der Waals surface area contributed by atoms with Crippen LogP contribution < -0.4 is 5.32 Å². The number of para-hydroxylation sites is 1. The third-order valence-electron chi connectivity index (χ3n) is 2.71. The molecule has 0 saturated carbocycles. The Labute approximate surface area is 130 Å². The standard InChI is InChI=1S/C14H13ClN2O3S/c1-8-11(6-14(19)20)21-13(16-8)7-12(18)17-10-5-3-2-4-9(10)15/h2-5H,6-7H2,1H3,(H,17,18)(H,19,20). The van der Waals surface area contributed by atoms with E-state index >= 15 is 0 Å². The van der Waals surface area contributed by atoms with E-state index in [1.54, 1.807) is 31.2 Å². The molecule has 1 amide bonds. The second kappa shape index (κ2) is 6.69. The van der Waals surface area contributed by atoms with Crippen molar-refractivity contribution in [3.8, 4) is 0 Å². The van der Waals surface area contributed by atoms with Gasteiger partial charge in [0.15, 0.2) is 0 Å². The Bertz CT molecular complexity index is 685. The SMILES string of the molecule is Cc1nc(CC(=O)Nc2ccccc2Cl)sc1CC(=O)O. The minimum absolute atomic E-state index is 0.0738. The second-order valence-corrected chi connectivity index (χ2v) is 5.97. The smallest absolute Gasteiger partial charge is 0.308 e. The van der Waals surface area contributed by atoms with Gasteiger partial charge in [-0.2, -0.15) is 0 Å². The van der Waals surface area contributed by atoms with Crippen molar-refractivity contribution in [3.05, 3.63) is 44.9 Å². The van der Waals surface area contributed by atoms with Crippen LogP contribution in [0.4, 0.5) is 5.69 Å². The molecular formula is C14H13ClN2O3S. The van der Waals surface area contributed by atoms with Crippen LogP contribution in [-0.2, 0) is 22.4 Å². The van der Waals surface area contributed by atoms with Gasteiger partial charge in [-0.15, -0.1) is 11.3 Å². The van der Waals surface area contributed by atoms with E-state index in [4.69, 9.17) is 16.7 Å². The summed E-state index contributed by atoms with van der Waals surface area (Å²) in [6.45, 7) is 1.74. The zero-order valence-corrected chi connectivity index (χ0v) is 12.8. The van der Waals surface area contributed by atoms with E-state index in [2.05, 4.69) is 10.3 Å². The van der Waals surface area contributed by atoms with Crippen LogP contribution >= 0.6 is 22.9 Å². The number of benzene rings is 1. The van der Waals surface area contributed by atoms with E-state index in [1.165, 1.54) is 11.3 Å². The topological polar surface area (TPSA) is 79.3 Å². The molecule has 0 fully saturated rings. The number of anilines is 1. The Morgan fingerprint density at radius 1 is 1.33 bits per heavy atom. The number of rotatable bonds is 5. The average molecular weight is 325 g/mol. The molecule has 110 valence electrons. The molecule has 7 heteroatoms. The summed E-state index contributed by atoms with van der Waals surface area (Å²) < 4.78 is 0. The normalized spacial score (nSPS) is 10.4. The largest absolute Gasteiger partial charge is 0.481 e. The van der Waals surface area contributed by atoms with Gasteiger partial charge in [-0.05, 0) is 19.1 Å². The third-order valence-corrected chi connectivity index (χ3v) is 4.20. The first-order valence-electron chi connectivity index (χ1n) is 6.17. The van der Waals surface area contributed by atoms with Gasteiger partial charge in [0, 0.05) is 4.88 Å². The van der Waals surface area contributed by atoms with Crippen molar-refractivity contribution in [3.63, 3.8) is 0 Å². The average Bonchev–Trinajstić information content (AvgIpc) is 2.71. The van der Waals surface area contributed by atoms with Gasteiger partial charge >= 0.3 is 5.97 Å². The first-order chi connectivity index (χ1) is 9.95. The van der Waals surface area contributed by atoms with Crippen molar-refractivity contribution < 1.29 is 14.7 Å². The zero-order chi connectivity index (χ0) is 15.4. The summed E-state index contributed by atoms with van der Waals surface area (Å²) in [5.41, 5.74) is 1.20. The van der Waals surface area contributed by atoms with Crippen molar-refractivity contribution in [2.24, 2.45) is 0 Å². The molecule has 0 bridgehead atoms. The molecule has 0 atom stereocenters. The van der Waals surface area contributed by atoms with Gasteiger partial charge in [0.05, 0.1) is 29.2 Å². The number of amides is 1. The zero-order valence-electron chi connectivity index (χ0n) is 11.2. The lowest BCUT2D eigenvalue weighted by molar-refractivity contribution is -0.136. The Morgan fingerprint density at radius 2 is 2.05 bits per heavy atom. The van der Waals surface area contributed by atoms with Gasteiger partial charge in [0.25, 0.3) is 0 Å². The number of carbonyl (C=O) groups is 2. The van der Waals surface area contributed by atoms with Crippen LogP contribution in [-0.4, -0.2) is 22.0 Å². The number of hydrogen-bond acceptors (Lipinski definition) is 4. The van der Waals surface area contributed by atoms with Gasteiger partial charge in [0.2, 0.25) is 5.91 Å². The molecule has 0 unspecified atom stereocenters. The van der Waals surface area contributed by atoms with Crippen LogP contribution in [0.1, 0.15) is 15.6 Å². The number of halogens is 1. The fraction of sp³-hybridized carbons (Fsp3) is 0.214. The predicted molar refractivity (Wildman–Crippen MR) is 82.0 cm³/mol. The highest BCUT2D eigenvalue weighted by Crippen LogP contribution is 2.22. The number of carbonyl (C=O) groups excluding carboxylic acids is 1. The number of carboxylic acids is 1. The van der Waals surface area contributed by atoms with Crippen LogP contribution in [0.25, 0.3) is 0 Å². The number of thiazole rings is 1. The van der Waals surface area contributed by atoms with Crippen LogP contribution in [0.5, 0.6) is 0 Å². The minimum Gasteiger partial charge on any atom is -0.481 e. The number of nitrogens with one attached hydrogen (secondary N) is 1. The summed E-state index contributed by atoms with van der Waals surface area (Å²) in [5, 5.41) is 12.6. The number of aromatic nitrogens is 1. The summed E-state index contributed by atoms with van der Waals surface area (Å²) in [6.07, 6.45) is 0.0198. The maximum Gasteiger partial charge on any atom is 0.308 e. The lowest BCUT2D eigenvalue weighted by Gasteiger charge is -2.05. The molecule has 2 N–H and O–H groups in total. The number of aryl methyl sites for hydroxylation is 1. The van der Waals surface area contributed by atoms with Gasteiger partial charge in [-0.25, -0.2) is 4.98 Å². The molecule has 0 saturated heterocycles. The molecule has 0 aliphatic rings. The number of nitrogens with zero attached hydrogens (tertiary/aromatic N) is 1. The Hall–Kier alpha value is -1.92. The Balaban J connectivity index is 2.03. The van der Waals surface area contributed by atoms with Gasteiger partial charge < -0.3 is 10.4 Å². The van der Waals surface area contributed by atoms with E-state index < -0.39 is 5.97 Å². The monoisotopic (exact) mass is 324 g/mol. The maximum atomic E-state index is 12.0. The summed E-state index contributed by atoms with van der Waals surface area (Å²) in [5.74, 6) is -1.15. The first-order valence-corrected chi connectivity index (χ1v) is 7.36. The van der Waals surface area contributed by atoms with E-state index in [0.29, 0.717) is 26.3 Å². The molecule has 0 aliphatic carbocycles. The molecule has 1 heterocycles. The third kappa shape index (κ3) is 4.27. The highest BCUT2D eigenvalue weighted by molar-refractivity contribution is 7.12. The second-order valence-electron chi connectivity index (χ2n) is 4.39.